The number of sulfonamides is 1. The summed E-state index contributed by atoms with van der Waals surface area (Å²) in [5.74, 6) is -0.853. The molecule has 10 heteroatoms. The summed E-state index contributed by atoms with van der Waals surface area (Å²) in [6.45, 7) is 5.21. The first-order valence-corrected chi connectivity index (χ1v) is 15.4. The minimum atomic E-state index is -3.86. The Hall–Kier alpha value is -2.88. The summed E-state index contributed by atoms with van der Waals surface area (Å²) in [6.07, 6.45) is 1.28. The Bertz CT molecular complexity index is 1410. The van der Waals surface area contributed by atoms with E-state index in [0.717, 1.165) is 26.2 Å². The molecule has 39 heavy (non-hydrogen) atoms. The zero-order valence-corrected chi connectivity index (χ0v) is 25.6. The molecule has 3 aromatic carbocycles. The maximum Gasteiger partial charge on any atom is 0.244 e. The van der Waals surface area contributed by atoms with E-state index in [9.17, 15) is 18.0 Å². The van der Waals surface area contributed by atoms with Crippen LogP contribution in [-0.4, -0.2) is 49.5 Å². The van der Waals surface area contributed by atoms with Crippen LogP contribution in [-0.2, 0) is 32.6 Å². The summed E-state index contributed by atoms with van der Waals surface area (Å²) in [4.78, 5) is 29.2. The molecule has 0 aromatic heterocycles. The van der Waals surface area contributed by atoms with Crippen LogP contribution in [0.1, 0.15) is 31.9 Å². The molecule has 0 aliphatic rings. The van der Waals surface area contributed by atoms with Gasteiger partial charge in [0.2, 0.25) is 21.8 Å². The topological polar surface area (TPSA) is 86.8 Å². The lowest BCUT2D eigenvalue weighted by Gasteiger charge is -2.35. The van der Waals surface area contributed by atoms with E-state index in [1.54, 1.807) is 18.2 Å². The molecule has 7 nitrogen and oxygen atoms in total. The number of halogens is 2. The molecule has 0 aliphatic carbocycles. The van der Waals surface area contributed by atoms with Gasteiger partial charge in [-0.1, -0.05) is 76.1 Å². The lowest BCUT2D eigenvalue weighted by atomic mass is 10.0. The Morgan fingerprint density at radius 2 is 1.59 bits per heavy atom. The number of carbonyl (C=O) groups excluding carboxylic acids is 2. The number of nitrogens with zero attached hydrogens (tertiary/aromatic N) is 2. The van der Waals surface area contributed by atoms with Gasteiger partial charge in [0.25, 0.3) is 0 Å². The second-order valence-electron chi connectivity index (χ2n) is 10.3. The summed E-state index contributed by atoms with van der Waals surface area (Å²) in [7, 11) is -3.86. The number of hydrogen-bond donors (Lipinski definition) is 1. The van der Waals surface area contributed by atoms with E-state index < -0.39 is 34.1 Å². The first-order chi connectivity index (χ1) is 18.2. The average molecular weight is 635 g/mol. The van der Waals surface area contributed by atoms with Crippen LogP contribution >= 0.6 is 27.5 Å². The van der Waals surface area contributed by atoms with E-state index in [4.69, 9.17) is 11.6 Å². The zero-order valence-electron chi connectivity index (χ0n) is 22.4. The first kappa shape index (κ1) is 30.7. The van der Waals surface area contributed by atoms with Crippen LogP contribution in [0.15, 0.2) is 83.3 Å². The third-order valence-corrected chi connectivity index (χ3v) is 7.66. The summed E-state index contributed by atoms with van der Waals surface area (Å²) < 4.78 is 27.5. The van der Waals surface area contributed by atoms with Crippen LogP contribution < -0.4 is 9.62 Å². The fourth-order valence-electron chi connectivity index (χ4n) is 4.08. The fourth-order valence-corrected chi connectivity index (χ4v) is 5.56. The van der Waals surface area contributed by atoms with Gasteiger partial charge in [0, 0.05) is 28.0 Å². The third-order valence-electron chi connectivity index (χ3n) is 5.79. The molecule has 2 amide bonds. The third kappa shape index (κ3) is 9.37. The van der Waals surface area contributed by atoms with Gasteiger partial charge in [0.15, 0.2) is 0 Å². The van der Waals surface area contributed by atoms with Crippen LogP contribution in [0.5, 0.6) is 0 Å². The highest BCUT2D eigenvalue weighted by Crippen LogP contribution is 2.24. The van der Waals surface area contributed by atoms with Crippen molar-refractivity contribution >= 4 is 55.1 Å². The normalized spacial score (nSPS) is 12.5. The number of rotatable bonds is 10. The van der Waals surface area contributed by atoms with E-state index in [1.165, 1.54) is 11.0 Å². The summed E-state index contributed by atoms with van der Waals surface area (Å²) >= 11 is 9.60. The second kappa shape index (κ2) is 13.0. The number of anilines is 1. The molecule has 3 rings (SSSR count). The van der Waals surface area contributed by atoms with Crippen molar-refractivity contribution in [1.82, 2.24) is 10.2 Å². The Labute approximate surface area is 244 Å². The van der Waals surface area contributed by atoms with E-state index in [0.29, 0.717) is 5.02 Å². The average Bonchev–Trinajstić information content (AvgIpc) is 2.83. The summed E-state index contributed by atoms with van der Waals surface area (Å²) in [5, 5.41) is 3.34. The molecule has 0 fully saturated rings. The Morgan fingerprint density at radius 3 is 2.18 bits per heavy atom. The number of amides is 2. The molecular weight excluding hydrogens is 602 g/mol. The van der Waals surface area contributed by atoms with Gasteiger partial charge in [0.05, 0.1) is 11.9 Å². The zero-order chi connectivity index (χ0) is 28.8. The Kier molecular flexibility index (Phi) is 10.2. The lowest BCUT2D eigenvalue weighted by molar-refractivity contribution is -0.140. The predicted molar refractivity (Wildman–Crippen MR) is 160 cm³/mol. The molecule has 0 saturated carbocycles. The fraction of sp³-hybridized carbons (Fsp3) is 0.310. The number of hydrogen-bond acceptors (Lipinski definition) is 4. The van der Waals surface area contributed by atoms with Gasteiger partial charge in [-0.25, -0.2) is 8.42 Å². The summed E-state index contributed by atoms with van der Waals surface area (Å²) in [6, 6.07) is 22.3. The van der Waals surface area contributed by atoms with Crippen molar-refractivity contribution in [1.29, 1.82) is 0 Å². The Morgan fingerprint density at radius 1 is 0.949 bits per heavy atom. The predicted octanol–water partition coefficient (Wildman–Crippen LogP) is 5.42. The van der Waals surface area contributed by atoms with E-state index in [1.807, 2.05) is 75.4 Å². The van der Waals surface area contributed by atoms with Gasteiger partial charge in [-0.15, -0.1) is 0 Å². The highest BCUT2D eigenvalue weighted by Gasteiger charge is 2.34. The number of carbonyl (C=O) groups is 2. The standard InChI is InChI=1S/C29H33BrClN3O4S/c1-29(2,3)32-28(36)26(17-21-10-6-5-7-11-21)33(19-22-12-8-13-23(30)16-22)27(35)20-34(39(4,37)38)25-15-9-14-24(31)18-25/h5-16,18,26H,17,19-20H2,1-4H3,(H,32,36)/t26-/m1/s1. The van der Waals surface area contributed by atoms with Gasteiger partial charge in [-0.05, 0) is 62.2 Å². The quantitative estimate of drug-likeness (QED) is 0.323. The van der Waals surface area contributed by atoms with Crippen molar-refractivity contribution in [3.8, 4) is 0 Å². The van der Waals surface area contributed by atoms with Crippen LogP contribution in [0, 0.1) is 0 Å². The van der Waals surface area contributed by atoms with E-state index >= 15 is 0 Å². The highest BCUT2D eigenvalue weighted by atomic mass is 79.9. The molecule has 1 atom stereocenters. The van der Waals surface area contributed by atoms with Crippen molar-refractivity contribution in [2.45, 2.75) is 45.3 Å². The summed E-state index contributed by atoms with van der Waals surface area (Å²) in [5.41, 5.74) is 1.37. The molecule has 0 heterocycles. The van der Waals surface area contributed by atoms with Crippen molar-refractivity contribution in [2.75, 3.05) is 17.1 Å². The Balaban J connectivity index is 2.08. The molecule has 208 valence electrons. The smallest absolute Gasteiger partial charge is 0.244 e. The molecule has 3 aromatic rings. The minimum absolute atomic E-state index is 0.0977. The maximum absolute atomic E-state index is 14.0. The number of benzene rings is 3. The lowest BCUT2D eigenvalue weighted by Crippen LogP contribution is -2.56. The maximum atomic E-state index is 14.0. The van der Waals surface area contributed by atoms with Crippen LogP contribution in [0.4, 0.5) is 5.69 Å². The molecular formula is C29H33BrClN3O4S. The van der Waals surface area contributed by atoms with Gasteiger partial charge in [0.1, 0.15) is 12.6 Å². The molecule has 0 saturated heterocycles. The van der Waals surface area contributed by atoms with Crippen LogP contribution in [0.2, 0.25) is 5.02 Å². The largest absolute Gasteiger partial charge is 0.350 e. The minimum Gasteiger partial charge on any atom is -0.350 e. The molecule has 0 aliphatic heterocycles. The van der Waals surface area contributed by atoms with Gasteiger partial charge >= 0.3 is 0 Å². The molecule has 0 unspecified atom stereocenters. The monoisotopic (exact) mass is 633 g/mol. The SMILES string of the molecule is CC(C)(C)NC(=O)[C@@H](Cc1ccccc1)N(Cc1cccc(Br)c1)C(=O)CN(c1cccc(Cl)c1)S(C)(=O)=O. The van der Waals surface area contributed by atoms with Gasteiger partial charge in [-0.2, -0.15) is 0 Å². The molecule has 0 bridgehead atoms. The van der Waals surface area contributed by atoms with Gasteiger partial charge < -0.3 is 10.2 Å². The van der Waals surface area contributed by atoms with E-state index in [2.05, 4.69) is 21.2 Å². The molecule has 1 N–H and O–H groups in total. The van der Waals surface area contributed by atoms with Crippen molar-refractivity contribution in [3.05, 3.63) is 99.5 Å². The van der Waals surface area contributed by atoms with Crippen LogP contribution in [0.3, 0.4) is 0 Å². The second-order valence-corrected chi connectivity index (χ2v) is 13.6. The molecule has 0 spiro atoms. The first-order valence-electron chi connectivity index (χ1n) is 12.4. The van der Waals surface area contributed by atoms with Gasteiger partial charge in [-0.3, -0.25) is 13.9 Å². The van der Waals surface area contributed by atoms with Crippen molar-refractivity contribution in [3.63, 3.8) is 0 Å². The molecule has 0 radical (unpaired) electrons. The number of nitrogens with one attached hydrogen (secondary N) is 1. The van der Waals surface area contributed by atoms with Crippen molar-refractivity contribution < 1.29 is 18.0 Å². The van der Waals surface area contributed by atoms with Crippen LogP contribution in [0.25, 0.3) is 0 Å². The van der Waals surface area contributed by atoms with Crippen molar-refractivity contribution in [2.24, 2.45) is 0 Å². The van der Waals surface area contributed by atoms with E-state index in [-0.39, 0.29) is 24.6 Å². The highest BCUT2D eigenvalue weighted by molar-refractivity contribution is 9.10.